The van der Waals surface area contributed by atoms with Gasteiger partial charge in [-0.1, -0.05) is 78.6 Å². The Hall–Kier alpha value is -3.61. The van der Waals surface area contributed by atoms with Crippen LogP contribution >= 0.6 is 0 Å². The zero-order chi connectivity index (χ0) is 31.4. The molecule has 240 valence electrons. The van der Waals surface area contributed by atoms with E-state index in [0.717, 1.165) is 73.9 Å². The third-order valence-electron chi connectivity index (χ3n) is 7.38. The van der Waals surface area contributed by atoms with Crippen molar-refractivity contribution in [3.63, 3.8) is 0 Å². The molecule has 0 amide bonds. The van der Waals surface area contributed by atoms with E-state index in [-0.39, 0.29) is 6.61 Å². The lowest BCUT2D eigenvalue weighted by Crippen LogP contribution is -2.10. The fourth-order valence-corrected chi connectivity index (χ4v) is 4.79. The van der Waals surface area contributed by atoms with Gasteiger partial charge in [0.15, 0.2) is 11.5 Å². The highest BCUT2D eigenvalue weighted by molar-refractivity contribution is 5.91. The van der Waals surface area contributed by atoms with Crippen LogP contribution in [0.3, 0.4) is 0 Å². The molecule has 0 saturated heterocycles. The highest BCUT2D eigenvalue weighted by atomic mass is 16.5. The van der Waals surface area contributed by atoms with Crippen molar-refractivity contribution in [2.24, 2.45) is 0 Å². The Morgan fingerprint density at radius 2 is 1.16 bits per heavy atom. The van der Waals surface area contributed by atoms with Crippen molar-refractivity contribution in [3.8, 4) is 28.6 Å². The average molecular weight is 605 g/mol. The van der Waals surface area contributed by atoms with Gasteiger partial charge in [-0.05, 0) is 73.7 Å². The molecule has 44 heavy (non-hydrogen) atoms. The largest absolute Gasteiger partial charge is 0.490 e. The van der Waals surface area contributed by atoms with Gasteiger partial charge in [0.1, 0.15) is 6.61 Å². The highest BCUT2D eigenvalue weighted by Crippen LogP contribution is 2.40. The smallest absolute Gasteiger partial charge is 0.338 e. The molecule has 2 aromatic heterocycles. The number of esters is 1. The van der Waals surface area contributed by atoms with Gasteiger partial charge in [-0.15, -0.1) is 0 Å². The molecule has 1 aromatic carbocycles. The van der Waals surface area contributed by atoms with Gasteiger partial charge in [0.25, 0.3) is 0 Å². The van der Waals surface area contributed by atoms with Crippen LogP contribution in [0.5, 0.6) is 17.2 Å². The topological polar surface area (TPSA) is 79.8 Å². The van der Waals surface area contributed by atoms with Gasteiger partial charge < -0.3 is 18.9 Å². The Balaban J connectivity index is 1.80. The maximum Gasteiger partial charge on any atom is 0.338 e. The van der Waals surface area contributed by atoms with Gasteiger partial charge in [-0.3, -0.25) is 9.97 Å². The van der Waals surface area contributed by atoms with Crippen LogP contribution in [0.1, 0.15) is 119 Å². The molecular formula is C37H52N2O5. The van der Waals surface area contributed by atoms with E-state index in [2.05, 4.69) is 30.7 Å². The van der Waals surface area contributed by atoms with E-state index in [0.29, 0.717) is 42.6 Å². The maximum absolute atomic E-state index is 13.4. The number of hydrogen-bond donors (Lipinski definition) is 0. The predicted octanol–water partition coefficient (Wildman–Crippen LogP) is 9.69. The van der Waals surface area contributed by atoms with Crippen LogP contribution in [0.25, 0.3) is 11.4 Å². The summed E-state index contributed by atoms with van der Waals surface area (Å²) in [7, 11) is 0. The molecular weight excluding hydrogens is 552 g/mol. The van der Waals surface area contributed by atoms with Crippen molar-refractivity contribution < 1.29 is 23.7 Å². The number of carbonyl (C=O) groups excluding carboxylic acids is 1. The third kappa shape index (κ3) is 12.2. The lowest BCUT2D eigenvalue weighted by molar-refractivity contribution is 0.0471. The van der Waals surface area contributed by atoms with Gasteiger partial charge in [0, 0.05) is 12.4 Å². The Bertz CT molecular complexity index is 1230. The number of aryl methyl sites for hydroxylation is 1. The van der Waals surface area contributed by atoms with Gasteiger partial charge in [0.2, 0.25) is 5.75 Å². The molecule has 0 aliphatic rings. The Kier molecular flexibility index (Phi) is 16.1. The second-order valence-electron chi connectivity index (χ2n) is 11.4. The molecule has 0 radical (unpaired) electrons. The Morgan fingerprint density at radius 3 is 1.70 bits per heavy atom. The highest BCUT2D eigenvalue weighted by Gasteiger charge is 2.20. The SMILES string of the molecule is CCCCCCOc1cc(C(=O)OCc2ccnc(-c3cc(C)ccn3)c2)cc(OCCCCCC)c1OCCCCCC. The summed E-state index contributed by atoms with van der Waals surface area (Å²) in [4.78, 5) is 22.3. The molecule has 0 unspecified atom stereocenters. The number of pyridine rings is 2. The lowest BCUT2D eigenvalue weighted by Gasteiger charge is -2.19. The zero-order valence-electron chi connectivity index (χ0n) is 27.4. The van der Waals surface area contributed by atoms with Crippen molar-refractivity contribution >= 4 is 5.97 Å². The molecule has 3 aromatic rings. The first-order chi connectivity index (χ1) is 21.5. The van der Waals surface area contributed by atoms with Crippen LogP contribution in [0, 0.1) is 6.92 Å². The van der Waals surface area contributed by atoms with E-state index in [9.17, 15) is 4.79 Å². The van der Waals surface area contributed by atoms with Crippen molar-refractivity contribution in [2.45, 2.75) is 111 Å². The molecule has 7 nitrogen and oxygen atoms in total. The molecule has 0 aliphatic carbocycles. The number of benzene rings is 1. The Morgan fingerprint density at radius 1 is 0.636 bits per heavy atom. The summed E-state index contributed by atoms with van der Waals surface area (Å²) in [5.74, 6) is 1.20. The number of rotatable bonds is 22. The summed E-state index contributed by atoms with van der Waals surface area (Å²) in [6.45, 7) is 10.4. The van der Waals surface area contributed by atoms with Gasteiger partial charge in [-0.2, -0.15) is 0 Å². The number of carbonyl (C=O) groups is 1. The fourth-order valence-electron chi connectivity index (χ4n) is 4.79. The van der Waals surface area contributed by atoms with Gasteiger partial charge >= 0.3 is 5.97 Å². The van der Waals surface area contributed by atoms with Crippen molar-refractivity contribution in [1.29, 1.82) is 0 Å². The van der Waals surface area contributed by atoms with E-state index < -0.39 is 5.97 Å². The monoisotopic (exact) mass is 604 g/mol. The summed E-state index contributed by atoms with van der Waals surface area (Å²) in [5, 5.41) is 0. The first-order valence-electron chi connectivity index (χ1n) is 16.7. The third-order valence-corrected chi connectivity index (χ3v) is 7.38. The molecule has 0 aliphatic heterocycles. The molecule has 0 spiro atoms. The first-order valence-corrected chi connectivity index (χ1v) is 16.7. The lowest BCUT2D eigenvalue weighted by atomic mass is 10.1. The van der Waals surface area contributed by atoms with Crippen LogP contribution in [0.15, 0.2) is 48.8 Å². The van der Waals surface area contributed by atoms with Crippen LogP contribution in [-0.4, -0.2) is 35.8 Å². The molecule has 2 heterocycles. The molecule has 0 fully saturated rings. The predicted molar refractivity (Wildman–Crippen MR) is 177 cm³/mol. The first kappa shape index (κ1) is 34.9. The normalized spacial score (nSPS) is 10.9. The van der Waals surface area contributed by atoms with Gasteiger partial charge in [-0.25, -0.2) is 4.79 Å². The van der Waals surface area contributed by atoms with E-state index in [1.54, 1.807) is 24.5 Å². The van der Waals surface area contributed by atoms with E-state index in [4.69, 9.17) is 18.9 Å². The molecule has 0 bridgehead atoms. The minimum Gasteiger partial charge on any atom is -0.490 e. The van der Waals surface area contributed by atoms with Crippen LogP contribution in [0.2, 0.25) is 0 Å². The summed E-state index contributed by atoms with van der Waals surface area (Å²) in [6.07, 6.45) is 16.6. The summed E-state index contributed by atoms with van der Waals surface area (Å²) >= 11 is 0. The number of hydrogen-bond acceptors (Lipinski definition) is 7. The quantitative estimate of drug-likeness (QED) is 0.0834. The molecule has 0 N–H and O–H groups in total. The summed E-state index contributed by atoms with van der Waals surface area (Å²) in [6, 6.07) is 11.2. The standard InChI is InChI=1S/C37H52N2O5/c1-5-8-11-14-21-41-34-26-31(27-35(42-22-15-12-9-6-2)36(34)43-23-16-13-10-7-3)37(40)44-28-30-18-20-39-33(25-30)32-24-29(4)17-19-38-32/h17-20,24-27H,5-16,21-23,28H2,1-4H3. The summed E-state index contributed by atoms with van der Waals surface area (Å²) < 4.78 is 24.6. The number of unbranched alkanes of at least 4 members (excludes halogenated alkanes) is 9. The molecule has 0 saturated carbocycles. The fraction of sp³-hybridized carbons (Fsp3) is 0.541. The van der Waals surface area contributed by atoms with Crippen LogP contribution in [0.4, 0.5) is 0 Å². The van der Waals surface area contributed by atoms with E-state index >= 15 is 0 Å². The van der Waals surface area contributed by atoms with E-state index in [1.165, 1.54) is 25.7 Å². The second kappa shape index (κ2) is 20.4. The minimum atomic E-state index is -0.446. The Labute approximate surface area is 264 Å². The minimum absolute atomic E-state index is 0.107. The molecule has 7 heteroatoms. The van der Waals surface area contributed by atoms with Gasteiger partial charge in [0.05, 0.1) is 36.8 Å². The summed E-state index contributed by atoms with van der Waals surface area (Å²) in [5.41, 5.74) is 3.84. The molecule has 0 atom stereocenters. The second-order valence-corrected chi connectivity index (χ2v) is 11.4. The maximum atomic E-state index is 13.4. The zero-order valence-corrected chi connectivity index (χ0v) is 27.4. The van der Waals surface area contributed by atoms with E-state index in [1.807, 2.05) is 31.2 Å². The van der Waals surface area contributed by atoms with Crippen LogP contribution in [-0.2, 0) is 11.3 Å². The van der Waals surface area contributed by atoms with Crippen molar-refractivity contribution in [1.82, 2.24) is 9.97 Å². The van der Waals surface area contributed by atoms with Crippen molar-refractivity contribution in [2.75, 3.05) is 19.8 Å². The van der Waals surface area contributed by atoms with Crippen LogP contribution < -0.4 is 14.2 Å². The number of ether oxygens (including phenoxy) is 4. The van der Waals surface area contributed by atoms with Crippen molar-refractivity contribution in [3.05, 3.63) is 65.5 Å². The molecule has 3 rings (SSSR count). The number of aromatic nitrogens is 2. The average Bonchev–Trinajstić information content (AvgIpc) is 3.04. The number of nitrogens with zero attached hydrogens (tertiary/aromatic N) is 2.